The lowest BCUT2D eigenvalue weighted by molar-refractivity contribution is -0.116. The topological polar surface area (TPSA) is 75.9 Å². The number of hydrogen-bond donors (Lipinski definition) is 1. The van der Waals surface area contributed by atoms with Gasteiger partial charge in [-0.15, -0.1) is 0 Å². The highest BCUT2D eigenvalue weighted by atomic mass is 16.1. The van der Waals surface area contributed by atoms with Crippen LogP contribution >= 0.6 is 0 Å². The van der Waals surface area contributed by atoms with E-state index in [1.165, 1.54) is 6.33 Å². The number of carbonyl (C=O) groups is 1. The van der Waals surface area contributed by atoms with Gasteiger partial charge in [-0.1, -0.05) is 6.07 Å². The van der Waals surface area contributed by atoms with E-state index in [1.807, 2.05) is 69.6 Å². The molecule has 3 aromatic rings. The number of amides is 1. The van der Waals surface area contributed by atoms with E-state index in [0.717, 1.165) is 45.4 Å². The first-order chi connectivity index (χ1) is 13.7. The third-order valence-electron chi connectivity index (χ3n) is 4.86. The van der Waals surface area contributed by atoms with Crippen LogP contribution < -0.4 is 10.2 Å². The number of benzene rings is 1. The smallest absolute Gasteiger partial charge is 0.224 e. The second-order valence-electron chi connectivity index (χ2n) is 7.61. The Kier molecular flexibility index (Phi) is 5.96. The standard InChI is InChI=1S/C22H28N6O/c1-14-9-15(2)11-18(10-14)25-22(29)8-7-19-16(3)26-28(17(19)4)21-12-20(27(5)6)23-13-24-21/h9-13H,7-8H2,1-6H3,(H,25,29). The molecular formula is C22H28N6O. The highest BCUT2D eigenvalue weighted by Gasteiger charge is 2.16. The van der Waals surface area contributed by atoms with Crippen molar-refractivity contribution >= 4 is 17.4 Å². The largest absolute Gasteiger partial charge is 0.363 e. The average Bonchev–Trinajstić information content (AvgIpc) is 2.93. The second kappa shape index (κ2) is 8.43. The van der Waals surface area contributed by atoms with Gasteiger partial charge in [-0.05, 0) is 62.9 Å². The van der Waals surface area contributed by atoms with Gasteiger partial charge in [0.25, 0.3) is 0 Å². The molecule has 0 aliphatic rings. The van der Waals surface area contributed by atoms with Crippen LogP contribution in [-0.4, -0.2) is 39.8 Å². The fraction of sp³-hybridized carbons (Fsp3) is 0.364. The summed E-state index contributed by atoms with van der Waals surface area (Å²) in [6.45, 7) is 8.03. The normalized spacial score (nSPS) is 10.8. The van der Waals surface area contributed by atoms with Crippen molar-refractivity contribution in [2.24, 2.45) is 0 Å². The third kappa shape index (κ3) is 4.80. The van der Waals surface area contributed by atoms with Crippen LogP contribution in [0.2, 0.25) is 0 Å². The van der Waals surface area contributed by atoms with Crippen LogP contribution in [0.15, 0.2) is 30.6 Å². The Hall–Kier alpha value is -3.22. The van der Waals surface area contributed by atoms with E-state index in [-0.39, 0.29) is 5.91 Å². The molecule has 0 aliphatic heterocycles. The average molecular weight is 393 g/mol. The van der Waals surface area contributed by atoms with Crippen molar-refractivity contribution in [3.63, 3.8) is 0 Å². The molecule has 0 unspecified atom stereocenters. The summed E-state index contributed by atoms with van der Waals surface area (Å²) < 4.78 is 1.82. The third-order valence-corrected chi connectivity index (χ3v) is 4.86. The number of hydrogen-bond acceptors (Lipinski definition) is 5. The predicted octanol–water partition coefficient (Wildman–Crippen LogP) is 3.53. The van der Waals surface area contributed by atoms with E-state index in [2.05, 4.69) is 26.4 Å². The van der Waals surface area contributed by atoms with Crippen molar-refractivity contribution in [2.45, 2.75) is 40.5 Å². The van der Waals surface area contributed by atoms with Crippen LogP contribution in [0, 0.1) is 27.7 Å². The molecule has 3 rings (SSSR count). The molecule has 1 N–H and O–H groups in total. The first kappa shape index (κ1) is 20.5. The number of carbonyl (C=O) groups excluding carboxylic acids is 1. The zero-order valence-electron chi connectivity index (χ0n) is 17.9. The summed E-state index contributed by atoms with van der Waals surface area (Å²) in [6.07, 6.45) is 2.56. The summed E-state index contributed by atoms with van der Waals surface area (Å²) in [6, 6.07) is 7.95. The lowest BCUT2D eigenvalue weighted by Crippen LogP contribution is -2.13. The number of rotatable bonds is 6. The molecule has 0 spiro atoms. The van der Waals surface area contributed by atoms with E-state index < -0.39 is 0 Å². The van der Waals surface area contributed by atoms with Gasteiger partial charge in [0.2, 0.25) is 5.91 Å². The van der Waals surface area contributed by atoms with Crippen LogP contribution in [0.5, 0.6) is 0 Å². The molecule has 0 atom stereocenters. The molecule has 0 saturated heterocycles. The SMILES string of the molecule is Cc1cc(C)cc(NC(=O)CCc2c(C)nn(-c3cc(N(C)C)ncn3)c2C)c1. The maximum atomic E-state index is 12.5. The van der Waals surface area contributed by atoms with Gasteiger partial charge in [0, 0.05) is 38.0 Å². The zero-order chi connectivity index (χ0) is 21.1. The van der Waals surface area contributed by atoms with Gasteiger partial charge in [-0.25, -0.2) is 14.6 Å². The van der Waals surface area contributed by atoms with E-state index in [0.29, 0.717) is 12.8 Å². The van der Waals surface area contributed by atoms with Gasteiger partial charge in [0.15, 0.2) is 5.82 Å². The minimum atomic E-state index is -0.00141. The van der Waals surface area contributed by atoms with Crippen LogP contribution in [0.25, 0.3) is 5.82 Å². The van der Waals surface area contributed by atoms with Gasteiger partial charge in [-0.2, -0.15) is 5.10 Å². The molecule has 0 saturated carbocycles. The fourth-order valence-electron chi connectivity index (χ4n) is 3.47. The fourth-order valence-corrected chi connectivity index (χ4v) is 3.47. The molecule has 7 heteroatoms. The molecule has 29 heavy (non-hydrogen) atoms. The first-order valence-corrected chi connectivity index (χ1v) is 9.67. The molecule has 2 aromatic heterocycles. The second-order valence-corrected chi connectivity index (χ2v) is 7.61. The molecule has 1 amide bonds. The highest BCUT2D eigenvalue weighted by molar-refractivity contribution is 5.91. The van der Waals surface area contributed by atoms with Crippen molar-refractivity contribution in [1.29, 1.82) is 0 Å². The van der Waals surface area contributed by atoms with Crippen molar-refractivity contribution in [1.82, 2.24) is 19.7 Å². The van der Waals surface area contributed by atoms with Crippen molar-refractivity contribution < 1.29 is 4.79 Å². The van der Waals surface area contributed by atoms with E-state index in [1.54, 1.807) is 0 Å². The van der Waals surface area contributed by atoms with Gasteiger partial charge >= 0.3 is 0 Å². The summed E-state index contributed by atoms with van der Waals surface area (Å²) in [5.41, 5.74) is 6.08. The van der Waals surface area contributed by atoms with Gasteiger partial charge in [-0.3, -0.25) is 4.79 Å². The van der Waals surface area contributed by atoms with Crippen molar-refractivity contribution in [3.05, 3.63) is 58.7 Å². The summed E-state index contributed by atoms with van der Waals surface area (Å²) in [5.74, 6) is 1.53. The number of aryl methyl sites for hydroxylation is 3. The summed E-state index contributed by atoms with van der Waals surface area (Å²) in [7, 11) is 3.88. The molecule has 0 aliphatic carbocycles. The minimum Gasteiger partial charge on any atom is -0.363 e. The number of nitrogens with one attached hydrogen (secondary N) is 1. The molecule has 7 nitrogen and oxygen atoms in total. The molecule has 2 heterocycles. The van der Waals surface area contributed by atoms with Gasteiger partial charge < -0.3 is 10.2 Å². The Labute approximate surface area is 171 Å². The molecule has 0 bridgehead atoms. The number of aromatic nitrogens is 4. The predicted molar refractivity (Wildman–Crippen MR) is 116 cm³/mol. The molecule has 1 aromatic carbocycles. The Bertz CT molecular complexity index is 1020. The van der Waals surface area contributed by atoms with E-state index in [4.69, 9.17) is 0 Å². The lowest BCUT2D eigenvalue weighted by atomic mass is 10.1. The van der Waals surface area contributed by atoms with Gasteiger partial charge in [0.1, 0.15) is 12.1 Å². The van der Waals surface area contributed by atoms with E-state index in [9.17, 15) is 4.79 Å². The van der Waals surface area contributed by atoms with Crippen LogP contribution in [0.1, 0.15) is 34.5 Å². The van der Waals surface area contributed by atoms with Crippen LogP contribution in [-0.2, 0) is 11.2 Å². The van der Waals surface area contributed by atoms with Crippen LogP contribution in [0.4, 0.5) is 11.5 Å². The highest BCUT2D eigenvalue weighted by Crippen LogP contribution is 2.20. The Morgan fingerprint density at radius 1 is 1.03 bits per heavy atom. The first-order valence-electron chi connectivity index (χ1n) is 9.67. The van der Waals surface area contributed by atoms with Crippen LogP contribution in [0.3, 0.4) is 0 Å². The monoisotopic (exact) mass is 392 g/mol. The van der Waals surface area contributed by atoms with Crippen molar-refractivity contribution in [2.75, 3.05) is 24.3 Å². The molecule has 0 fully saturated rings. The quantitative estimate of drug-likeness (QED) is 0.694. The zero-order valence-corrected chi connectivity index (χ0v) is 17.9. The van der Waals surface area contributed by atoms with Gasteiger partial charge in [0.05, 0.1) is 5.69 Å². The molecule has 0 radical (unpaired) electrons. The number of nitrogens with zero attached hydrogens (tertiary/aromatic N) is 5. The molecule has 152 valence electrons. The Morgan fingerprint density at radius 3 is 2.38 bits per heavy atom. The lowest BCUT2D eigenvalue weighted by Gasteiger charge is -2.12. The summed E-state index contributed by atoms with van der Waals surface area (Å²) in [4.78, 5) is 23.0. The minimum absolute atomic E-state index is 0.00141. The molecular weight excluding hydrogens is 364 g/mol. The Balaban J connectivity index is 1.73. The maximum Gasteiger partial charge on any atom is 0.224 e. The van der Waals surface area contributed by atoms with Crippen molar-refractivity contribution in [3.8, 4) is 5.82 Å². The Morgan fingerprint density at radius 2 is 1.72 bits per heavy atom. The maximum absolute atomic E-state index is 12.5. The summed E-state index contributed by atoms with van der Waals surface area (Å²) in [5, 5.41) is 7.64. The van der Waals surface area contributed by atoms with E-state index >= 15 is 0 Å². The number of anilines is 2. The summed E-state index contributed by atoms with van der Waals surface area (Å²) >= 11 is 0.